The van der Waals surface area contributed by atoms with Gasteiger partial charge < -0.3 is 11.1 Å². The largest absolute Gasteiger partial charge is 0.392 e. The van der Waals surface area contributed by atoms with Crippen LogP contribution in [0.15, 0.2) is 5.38 Å². The highest BCUT2D eigenvalue weighted by atomic mass is 32.1. The van der Waals surface area contributed by atoms with Gasteiger partial charge in [0.25, 0.3) is 0 Å². The molecule has 0 saturated carbocycles. The number of amides is 1. The van der Waals surface area contributed by atoms with Gasteiger partial charge in [-0.1, -0.05) is 12.2 Å². The summed E-state index contributed by atoms with van der Waals surface area (Å²) in [7, 11) is 0. The van der Waals surface area contributed by atoms with Gasteiger partial charge in [0.2, 0.25) is 5.91 Å². The molecule has 0 radical (unpaired) electrons. The maximum Gasteiger partial charge on any atom is 0.233 e. The summed E-state index contributed by atoms with van der Waals surface area (Å²) in [4.78, 5) is 16.5. The lowest BCUT2D eigenvalue weighted by Crippen LogP contribution is -2.45. The summed E-state index contributed by atoms with van der Waals surface area (Å²) in [5.74, 6) is -0.176. The molecule has 0 saturated heterocycles. The third-order valence-corrected chi connectivity index (χ3v) is 4.19. The van der Waals surface area contributed by atoms with Crippen molar-refractivity contribution in [1.82, 2.24) is 10.3 Å². The number of aryl methyl sites for hydroxylation is 1. The lowest BCUT2D eigenvalue weighted by atomic mass is 9.92. The number of nitrogens with one attached hydrogen (secondary N) is 1. The van der Waals surface area contributed by atoms with Crippen molar-refractivity contribution in [1.29, 1.82) is 0 Å². The quantitative estimate of drug-likeness (QED) is 0.821. The first-order chi connectivity index (χ1) is 7.75. The first-order valence-corrected chi connectivity index (χ1v) is 6.57. The highest BCUT2D eigenvalue weighted by Gasteiger charge is 2.32. The Kier molecular flexibility index (Phi) is 4.21. The van der Waals surface area contributed by atoms with Gasteiger partial charge in [0.1, 0.15) is 5.01 Å². The van der Waals surface area contributed by atoms with Crippen LogP contribution in [0.2, 0.25) is 0 Å². The number of carbonyl (C=O) groups excluding carboxylic acids is 1. The third-order valence-electron chi connectivity index (χ3n) is 2.54. The van der Waals surface area contributed by atoms with E-state index in [4.69, 9.17) is 18.0 Å². The normalized spacial score (nSPS) is 13.2. The highest BCUT2D eigenvalue weighted by molar-refractivity contribution is 7.80. The number of hydrogen-bond acceptors (Lipinski definition) is 4. The lowest BCUT2D eigenvalue weighted by Gasteiger charge is -2.24. The average molecular weight is 271 g/mol. The van der Waals surface area contributed by atoms with E-state index in [1.165, 1.54) is 11.3 Å². The molecule has 0 aliphatic carbocycles. The predicted molar refractivity (Wildman–Crippen MR) is 74.0 cm³/mol. The summed E-state index contributed by atoms with van der Waals surface area (Å²) in [6.45, 7) is 7.24. The second-order valence-corrected chi connectivity index (χ2v) is 5.84. The Hall–Kier alpha value is -1.01. The number of nitrogens with two attached hydrogens (primary N) is 1. The van der Waals surface area contributed by atoms with Crippen molar-refractivity contribution in [2.45, 2.75) is 33.7 Å². The van der Waals surface area contributed by atoms with E-state index in [1.54, 1.807) is 13.8 Å². The van der Waals surface area contributed by atoms with Gasteiger partial charge in [-0.05, 0) is 27.7 Å². The van der Waals surface area contributed by atoms with Crippen molar-refractivity contribution in [3.05, 3.63) is 16.1 Å². The maximum absolute atomic E-state index is 12.0. The van der Waals surface area contributed by atoms with Crippen molar-refractivity contribution in [3.63, 3.8) is 0 Å². The Labute approximate surface area is 111 Å². The third kappa shape index (κ3) is 3.23. The van der Waals surface area contributed by atoms with Crippen molar-refractivity contribution >= 4 is 34.5 Å². The fourth-order valence-electron chi connectivity index (χ4n) is 1.12. The van der Waals surface area contributed by atoms with Gasteiger partial charge in [-0.2, -0.15) is 0 Å². The van der Waals surface area contributed by atoms with Crippen LogP contribution in [0.3, 0.4) is 0 Å². The van der Waals surface area contributed by atoms with Crippen LogP contribution < -0.4 is 11.1 Å². The number of carbonyl (C=O) groups is 1. The van der Waals surface area contributed by atoms with E-state index in [0.29, 0.717) is 0 Å². The summed E-state index contributed by atoms with van der Waals surface area (Å²) in [6, 6.07) is -0.130. The van der Waals surface area contributed by atoms with Crippen LogP contribution >= 0.6 is 23.6 Å². The van der Waals surface area contributed by atoms with E-state index in [1.807, 2.05) is 19.2 Å². The molecule has 1 unspecified atom stereocenters. The summed E-state index contributed by atoms with van der Waals surface area (Å²) < 4.78 is 0. The molecule has 1 amide bonds. The minimum absolute atomic E-state index is 0.130. The van der Waals surface area contributed by atoms with Gasteiger partial charge >= 0.3 is 0 Å². The second-order valence-electron chi connectivity index (χ2n) is 4.51. The molecule has 0 fully saturated rings. The highest BCUT2D eigenvalue weighted by Crippen LogP contribution is 2.21. The molecule has 0 aliphatic heterocycles. The minimum atomic E-state index is -0.837. The fraction of sp³-hybridized carbons (Fsp3) is 0.545. The molecule has 0 spiro atoms. The molecule has 1 aromatic heterocycles. The van der Waals surface area contributed by atoms with E-state index < -0.39 is 5.41 Å². The predicted octanol–water partition coefficient (Wildman–Crippen LogP) is 1.94. The molecule has 6 heteroatoms. The average Bonchev–Trinajstić information content (AvgIpc) is 2.64. The van der Waals surface area contributed by atoms with E-state index in [2.05, 4.69) is 10.3 Å². The summed E-state index contributed by atoms with van der Waals surface area (Å²) in [5.41, 5.74) is 5.67. The molecular formula is C11H17N3OS2. The van der Waals surface area contributed by atoms with Gasteiger partial charge in [-0.15, -0.1) is 11.3 Å². The molecule has 1 atom stereocenters. The molecule has 0 aromatic carbocycles. The topological polar surface area (TPSA) is 68.0 Å². The molecule has 4 nitrogen and oxygen atoms in total. The van der Waals surface area contributed by atoms with Gasteiger partial charge in [-0.25, -0.2) is 4.98 Å². The number of aromatic nitrogens is 1. The van der Waals surface area contributed by atoms with E-state index in [9.17, 15) is 4.79 Å². The molecule has 1 heterocycles. The maximum atomic E-state index is 12.0. The zero-order chi connectivity index (χ0) is 13.2. The number of thiocarbonyl (C=S) groups is 1. The first-order valence-electron chi connectivity index (χ1n) is 5.28. The minimum Gasteiger partial charge on any atom is -0.392 e. The standard InChI is InChI=1S/C11H17N3OS2/c1-6-5-17-8(13-6)7(2)14-10(15)11(3,4)9(12)16/h5,7H,1-4H3,(H2,12,16)(H,14,15). The molecule has 17 heavy (non-hydrogen) atoms. The molecule has 0 aliphatic rings. The number of nitrogens with zero attached hydrogens (tertiary/aromatic N) is 1. The van der Waals surface area contributed by atoms with Crippen LogP contribution in [0.4, 0.5) is 0 Å². The van der Waals surface area contributed by atoms with Crippen molar-refractivity contribution < 1.29 is 4.79 Å². The number of rotatable bonds is 4. The van der Waals surface area contributed by atoms with Crippen LogP contribution in [0.5, 0.6) is 0 Å². The van der Waals surface area contributed by atoms with Gasteiger partial charge in [0, 0.05) is 11.1 Å². The fourth-order valence-corrected chi connectivity index (χ4v) is 2.02. The second kappa shape index (κ2) is 5.10. The van der Waals surface area contributed by atoms with Crippen LogP contribution in [0.1, 0.15) is 37.5 Å². The SMILES string of the molecule is Cc1csc(C(C)NC(=O)C(C)(C)C(N)=S)n1. The number of hydrogen-bond donors (Lipinski definition) is 2. The molecular weight excluding hydrogens is 254 g/mol. The van der Waals surface area contributed by atoms with Crippen molar-refractivity contribution in [3.8, 4) is 0 Å². The van der Waals surface area contributed by atoms with Gasteiger partial charge in [-0.3, -0.25) is 4.79 Å². The molecule has 3 N–H and O–H groups in total. The summed E-state index contributed by atoms with van der Waals surface area (Å²) in [6.07, 6.45) is 0. The Morgan fingerprint density at radius 2 is 2.24 bits per heavy atom. The Bertz CT molecular complexity index is 440. The Balaban J connectivity index is 2.73. The van der Waals surface area contributed by atoms with Gasteiger partial charge in [0.05, 0.1) is 16.4 Å². The van der Waals surface area contributed by atoms with E-state index in [0.717, 1.165) is 10.7 Å². The van der Waals surface area contributed by atoms with Crippen molar-refractivity contribution in [2.75, 3.05) is 0 Å². The summed E-state index contributed by atoms with van der Waals surface area (Å²) in [5, 5.41) is 5.71. The van der Waals surface area contributed by atoms with Crippen molar-refractivity contribution in [2.24, 2.45) is 11.1 Å². The van der Waals surface area contributed by atoms with Crippen LogP contribution in [0.25, 0.3) is 0 Å². The lowest BCUT2D eigenvalue weighted by molar-refractivity contribution is -0.126. The number of thiazole rings is 1. The monoisotopic (exact) mass is 271 g/mol. The molecule has 1 rings (SSSR count). The van der Waals surface area contributed by atoms with E-state index >= 15 is 0 Å². The van der Waals surface area contributed by atoms with Crippen LogP contribution in [-0.2, 0) is 4.79 Å². The Morgan fingerprint density at radius 3 is 2.65 bits per heavy atom. The molecule has 0 bridgehead atoms. The smallest absolute Gasteiger partial charge is 0.233 e. The Morgan fingerprint density at radius 1 is 1.65 bits per heavy atom. The first kappa shape index (κ1) is 14.1. The zero-order valence-electron chi connectivity index (χ0n) is 10.4. The summed E-state index contributed by atoms with van der Waals surface area (Å²) >= 11 is 6.41. The van der Waals surface area contributed by atoms with Gasteiger partial charge in [0.15, 0.2) is 0 Å². The van der Waals surface area contributed by atoms with Crippen LogP contribution in [0, 0.1) is 12.3 Å². The zero-order valence-corrected chi connectivity index (χ0v) is 12.0. The molecule has 1 aromatic rings. The van der Waals surface area contributed by atoms with Crippen LogP contribution in [-0.4, -0.2) is 15.9 Å². The molecule has 94 valence electrons. The van der Waals surface area contributed by atoms with E-state index in [-0.39, 0.29) is 16.9 Å².